The van der Waals surface area contributed by atoms with Gasteiger partial charge in [0.1, 0.15) is 5.02 Å². The lowest BCUT2D eigenvalue weighted by Gasteiger charge is -2.26. The minimum absolute atomic E-state index is 0.0204. The van der Waals surface area contributed by atoms with E-state index >= 15 is 0 Å². The van der Waals surface area contributed by atoms with Crippen molar-refractivity contribution >= 4 is 46.4 Å². The molecule has 0 aromatic heterocycles. The van der Waals surface area contributed by atoms with E-state index in [-0.39, 0.29) is 28.2 Å². The maximum atomic E-state index is 12.6. The van der Waals surface area contributed by atoms with Crippen LogP contribution in [-0.2, 0) is 0 Å². The average molecular weight is 388 g/mol. The van der Waals surface area contributed by atoms with Crippen LogP contribution in [0.1, 0.15) is 28.9 Å². The van der Waals surface area contributed by atoms with Gasteiger partial charge in [-0.25, -0.2) is 0 Å². The van der Waals surface area contributed by atoms with Gasteiger partial charge >= 0.3 is 0 Å². The molecular formula is C16H13Cl3N2O3. The predicted octanol–water partition coefficient (Wildman–Crippen LogP) is 5.39. The smallest absolute Gasteiger partial charge is 0.288 e. The van der Waals surface area contributed by atoms with Crippen molar-refractivity contribution in [3.63, 3.8) is 0 Å². The number of carbonyl (C=O) groups is 1. The van der Waals surface area contributed by atoms with Crippen molar-refractivity contribution in [1.29, 1.82) is 0 Å². The van der Waals surface area contributed by atoms with E-state index in [0.29, 0.717) is 10.0 Å². The van der Waals surface area contributed by atoms with Crippen LogP contribution >= 0.6 is 34.8 Å². The molecule has 0 spiro atoms. The molecule has 2 aromatic rings. The zero-order chi connectivity index (χ0) is 18.0. The van der Waals surface area contributed by atoms with Crippen molar-refractivity contribution in [3.05, 3.63) is 72.7 Å². The van der Waals surface area contributed by atoms with Gasteiger partial charge in [0.15, 0.2) is 0 Å². The number of rotatable bonds is 4. The topological polar surface area (TPSA) is 63.5 Å². The maximum Gasteiger partial charge on any atom is 0.288 e. The fraction of sp³-hybridized carbons (Fsp3) is 0.188. The molecule has 0 saturated heterocycles. The summed E-state index contributed by atoms with van der Waals surface area (Å²) in [6.45, 7) is 1.80. The third-order valence-electron chi connectivity index (χ3n) is 3.70. The Morgan fingerprint density at radius 3 is 2.38 bits per heavy atom. The van der Waals surface area contributed by atoms with Gasteiger partial charge in [0, 0.05) is 28.7 Å². The minimum Gasteiger partial charge on any atom is -0.335 e. The molecule has 24 heavy (non-hydrogen) atoms. The van der Waals surface area contributed by atoms with Gasteiger partial charge in [-0.1, -0.05) is 40.9 Å². The predicted molar refractivity (Wildman–Crippen MR) is 95.1 cm³/mol. The molecule has 0 aliphatic heterocycles. The highest BCUT2D eigenvalue weighted by Crippen LogP contribution is 2.31. The number of carbonyl (C=O) groups excluding carboxylic acids is 1. The van der Waals surface area contributed by atoms with Crippen LogP contribution in [0.25, 0.3) is 0 Å². The molecule has 0 N–H and O–H groups in total. The lowest BCUT2D eigenvalue weighted by atomic mass is 10.1. The maximum absolute atomic E-state index is 12.6. The zero-order valence-electron chi connectivity index (χ0n) is 12.8. The molecule has 8 heteroatoms. The summed E-state index contributed by atoms with van der Waals surface area (Å²) in [4.78, 5) is 24.4. The van der Waals surface area contributed by atoms with Crippen LogP contribution in [0.2, 0.25) is 15.1 Å². The second-order valence-electron chi connectivity index (χ2n) is 5.18. The molecule has 0 radical (unpaired) electrons. The van der Waals surface area contributed by atoms with Crippen LogP contribution in [0.4, 0.5) is 5.69 Å². The third kappa shape index (κ3) is 3.80. The van der Waals surface area contributed by atoms with Gasteiger partial charge < -0.3 is 4.90 Å². The van der Waals surface area contributed by atoms with Crippen LogP contribution in [-0.4, -0.2) is 22.8 Å². The molecular weight excluding hydrogens is 375 g/mol. The highest BCUT2D eigenvalue weighted by molar-refractivity contribution is 6.35. The van der Waals surface area contributed by atoms with E-state index in [4.69, 9.17) is 34.8 Å². The summed E-state index contributed by atoms with van der Waals surface area (Å²) >= 11 is 17.8. The number of nitro benzene ring substituents is 1. The molecule has 1 unspecified atom stereocenters. The molecule has 1 atom stereocenters. The third-order valence-corrected chi connectivity index (χ3v) is 4.59. The van der Waals surface area contributed by atoms with Gasteiger partial charge in [-0.3, -0.25) is 14.9 Å². The summed E-state index contributed by atoms with van der Waals surface area (Å²) in [5, 5.41) is 11.9. The summed E-state index contributed by atoms with van der Waals surface area (Å²) in [5.41, 5.74) is 0.582. The standard InChI is InChI=1S/C16H13Cl3N2O3/c1-9(12-5-4-11(17)8-14(12)19)20(2)16(22)10-3-6-13(18)15(7-10)21(23)24/h3-9H,1-2H3. The SMILES string of the molecule is CC(c1ccc(Cl)cc1Cl)N(C)C(=O)c1ccc(Cl)c([N+](=O)[O-])c1. The molecule has 2 aromatic carbocycles. The van der Waals surface area contributed by atoms with E-state index in [9.17, 15) is 14.9 Å². The van der Waals surface area contributed by atoms with Gasteiger partial charge in [0.25, 0.3) is 11.6 Å². The van der Waals surface area contributed by atoms with E-state index in [1.165, 1.54) is 17.0 Å². The number of halogens is 3. The van der Waals surface area contributed by atoms with Crippen LogP contribution in [0.3, 0.4) is 0 Å². The number of hydrogen-bond acceptors (Lipinski definition) is 3. The monoisotopic (exact) mass is 386 g/mol. The van der Waals surface area contributed by atoms with E-state index in [2.05, 4.69) is 0 Å². The Labute approximate surface area is 153 Å². The first-order chi connectivity index (χ1) is 11.2. The van der Waals surface area contributed by atoms with Crippen molar-refractivity contribution in [2.45, 2.75) is 13.0 Å². The second-order valence-corrected chi connectivity index (χ2v) is 6.43. The Morgan fingerprint density at radius 2 is 1.79 bits per heavy atom. The van der Waals surface area contributed by atoms with E-state index in [1.54, 1.807) is 32.2 Å². The number of hydrogen-bond donors (Lipinski definition) is 0. The lowest BCUT2D eigenvalue weighted by Crippen LogP contribution is -2.29. The van der Waals surface area contributed by atoms with Crippen molar-refractivity contribution in [2.75, 3.05) is 7.05 Å². The van der Waals surface area contributed by atoms with Crippen LogP contribution in [0.15, 0.2) is 36.4 Å². The second kappa shape index (κ2) is 7.38. The number of benzene rings is 2. The van der Waals surface area contributed by atoms with Crippen LogP contribution in [0.5, 0.6) is 0 Å². The molecule has 0 fully saturated rings. The van der Waals surface area contributed by atoms with E-state index in [1.807, 2.05) is 0 Å². The molecule has 0 aliphatic rings. The van der Waals surface area contributed by atoms with Crippen molar-refractivity contribution in [3.8, 4) is 0 Å². The van der Waals surface area contributed by atoms with Gasteiger partial charge in [-0.2, -0.15) is 0 Å². The van der Waals surface area contributed by atoms with Crippen molar-refractivity contribution < 1.29 is 9.72 Å². The molecule has 2 rings (SSSR count). The number of nitro groups is 1. The molecule has 5 nitrogen and oxygen atoms in total. The fourth-order valence-electron chi connectivity index (χ4n) is 2.21. The Hall–Kier alpha value is -1.82. The van der Waals surface area contributed by atoms with Gasteiger partial charge in [-0.05, 0) is 36.8 Å². The number of amides is 1. The lowest BCUT2D eigenvalue weighted by molar-refractivity contribution is -0.384. The normalized spacial score (nSPS) is 11.9. The van der Waals surface area contributed by atoms with Gasteiger partial charge in [0.2, 0.25) is 0 Å². The molecule has 0 aliphatic carbocycles. The summed E-state index contributed by atoms with van der Waals surface area (Å²) in [6.07, 6.45) is 0. The minimum atomic E-state index is -0.626. The van der Waals surface area contributed by atoms with E-state index in [0.717, 1.165) is 11.6 Å². The largest absolute Gasteiger partial charge is 0.335 e. The Morgan fingerprint density at radius 1 is 1.12 bits per heavy atom. The molecule has 0 bridgehead atoms. The molecule has 126 valence electrons. The molecule has 1 amide bonds. The Kier molecular flexibility index (Phi) is 5.70. The Balaban J connectivity index is 2.32. The van der Waals surface area contributed by atoms with E-state index < -0.39 is 4.92 Å². The fourth-order valence-corrected chi connectivity index (χ4v) is 2.97. The zero-order valence-corrected chi connectivity index (χ0v) is 15.1. The summed E-state index contributed by atoms with van der Waals surface area (Å²) in [6, 6.07) is 8.62. The van der Waals surface area contributed by atoms with Gasteiger partial charge in [0.05, 0.1) is 11.0 Å². The van der Waals surface area contributed by atoms with Crippen molar-refractivity contribution in [2.24, 2.45) is 0 Å². The number of nitrogens with zero attached hydrogens (tertiary/aromatic N) is 2. The molecule has 0 saturated carbocycles. The highest BCUT2D eigenvalue weighted by Gasteiger charge is 2.23. The summed E-state index contributed by atoms with van der Waals surface area (Å²) in [7, 11) is 1.60. The highest BCUT2D eigenvalue weighted by atomic mass is 35.5. The first-order valence-electron chi connectivity index (χ1n) is 6.88. The molecule has 0 heterocycles. The summed E-state index contributed by atoms with van der Waals surface area (Å²) < 4.78 is 0. The van der Waals surface area contributed by atoms with Crippen LogP contribution in [0, 0.1) is 10.1 Å². The first-order valence-corrected chi connectivity index (χ1v) is 8.01. The van der Waals surface area contributed by atoms with Crippen molar-refractivity contribution in [1.82, 2.24) is 4.90 Å². The summed E-state index contributed by atoms with van der Waals surface area (Å²) in [5.74, 6) is -0.381. The average Bonchev–Trinajstić information content (AvgIpc) is 2.53. The van der Waals surface area contributed by atoms with Crippen LogP contribution < -0.4 is 0 Å². The first kappa shape index (κ1) is 18.5. The quantitative estimate of drug-likeness (QED) is 0.522. The Bertz CT molecular complexity index is 811. The van der Waals surface area contributed by atoms with Gasteiger partial charge in [-0.15, -0.1) is 0 Å².